The Morgan fingerprint density at radius 2 is 1.70 bits per heavy atom. The molecule has 0 saturated carbocycles. The van der Waals surface area contributed by atoms with Gasteiger partial charge in [0.1, 0.15) is 0 Å². The molecule has 0 spiro atoms. The number of nitrogens with one attached hydrogen (secondary N) is 1. The minimum Gasteiger partial charge on any atom is -0.337 e. The minimum atomic E-state index is 0.381. The van der Waals surface area contributed by atoms with Crippen LogP contribution in [-0.2, 0) is 0 Å². The first-order valence-corrected chi connectivity index (χ1v) is 7.33. The molecule has 0 bridgehead atoms. The fraction of sp³-hybridized carbons (Fsp3) is 0. The van der Waals surface area contributed by atoms with Crippen molar-refractivity contribution in [1.82, 2.24) is 10.2 Å². The highest BCUT2D eigenvalue weighted by atomic mass is 79.9. The van der Waals surface area contributed by atoms with Crippen LogP contribution in [0.5, 0.6) is 0 Å². The Balaban J connectivity index is 2.11. The third-order valence-electron chi connectivity index (χ3n) is 2.82. The van der Waals surface area contributed by atoms with Gasteiger partial charge in [-0.2, -0.15) is 0 Å². The van der Waals surface area contributed by atoms with Crippen molar-refractivity contribution >= 4 is 61.4 Å². The topological polar surface area (TPSA) is 37.8 Å². The van der Waals surface area contributed by atoms with Crippen LogP contribution in [0.4, 0.5) is 11.5 Å². The van der Waals surface area contributed by atoms with Crippen LogP contribution in [0.1, 0.15) is 0 Å². The van der Waals surface area contributed by atoms with Crippen molar-refractivity contribution in [2.75, 3.05) is 5.32 Å². The summed E-state index contributed by atoms with van der Waals surface area (Å²) >= 11 is 15.6. The lowest BCUT2D eigenvalue weighted by molar-refractivity contribution is 1.05. The summed E-state index contributed by atoms with van der Waals surface area (Å²) in [5.41, 5.74) is 0.753. The summed E-state index contributed by atoms with van der Waals surface area (Å²) in [5, 5.41) is 14.0. The van der Waals surface area contributed by atoms with Gasteiger partial charge >= 0.3 is 0 Å². The van der Waals surface area contributed by atoms with E-state index in [1.54, 1.807) is 6.07 Å². The second kappa shape index (κ2) is 5.56. The molecule has 20 heavy (non-hydrogen) atoms. The number of hydrogen-bond acceptors (Lipinski definition) is 3. The number of fused-ring (bicyclic) bond motifs is 1. The highest BCUT2D eigenvalue weighted by Crippen LogP contribution is 2.32. The van der Waals surface area contributed by atoms with Gasteiger partial charge in [0.2, 0.25) is 0 Å². The second-order valence-electron chi connectivity index (χ2n) is 4.13. The Morgan fingerprint density at radius 1 is 0.950 bits per heavy atom. The summed E-state index contributed by atoms with van der Waals surface area (Å²) in [4.78, 5) is 0. The molecule has 3 rings (SSSR count). The predicted octanol–water partition coefficient (Wildman–Crippen LogP) is 5.44. The van der Waals surface area contributed by atoms with E-state index in [9.17, 15) is 0 Å². The van der Waals surface area contributed by atoms with Gasteiger partial charge in [0, 0.05) is 15.2 Å². The summed E-state index contributed by atoms with van der Waals surface area (Å²) in [7, 11) is 0. The Hall–Kier alpha value is -1.36. The molecule has 0 amide bonds. The van der Waals surface area contributed by atoms with Gasteiger partial charge in [-0.3, -0.25) is 0 Å². The van der Waals surface area contributed by atoms with Crippen molar-refractivity contribution in [3.63, 3.8) is 0 Å². The fourth-order valence-electron chi connectivity index (χ4n) is 1.88. The highest BCUT2D eigenvalue weighted by Gasteiger charge is 2.09. The van der Waals surface area contributed by atoms with E-state index >= 15 is 0 Å². The van der Waals surface area contributed by atoms with E-state index in [0.717, 1.165) is 20.9 Å². The zero-order chi connectivity index (χ0) is 14.1. The van der Waals surface area contributed by atoms with Crippen LogP contribution in [0.3, 0.4) is 0 Å². The monoisotopic (exact) mass is 367 g/mol. The third-order valence-corrected chi connectivity index (χ3v) is 3.93. The van der Waals surface area contributed by atoms with E-state index < -0.39 is 0 Å². The molecule has 6 heteroatoms. The highest BCUT2D eigenvalue weighted by molar-refractivity contribution is 9.10. The maximum atomic E-state index is 6.17. The number of benzene rings is 2. The summed E-state index contributed by atoms with van der Waals surface area (Å²) in [6.45, 7) is 0. The smallest absolute Gasteiger partial charge is 0.161 e. The second-order valence-corrected chi connectivity index (χ2v) is 5.82. The molecule has 2 aromatic carbocycles. The first-order valence-electron chi connectivity index (χ1n) is 5.78. The van der Waals surface area contributed by atoms with Crippen molar-refractivity contribution < 1.29 is 0 Å². The van der Waals surface area contributed by atoms with Crippen LogP contribution in [0.15, 0.2) is 46.9 Å². The molecule has 0 atom stereocenters. The molecule has 100 valence electrons. The number of nitrogens with zero attached hydrogens (tertiary/aromatic N) is 2. The molecule has 0 aliphatic rings. The summed E-state index contributed by atoms with van der Waals surface area (Å²) in [6.07, 6.45) is 0. The molecule has 0 saturated heterocycles. The molecule has 3 aromatic rings. The molecule has 0 radical (unpaired) electrons. The fourth-order valence-corrected chi connectivity index (χ4v) is 2.61. The first-order chi connectivity index (χ1) is 9.65. The van der Waals surface area contributed by atoms with Crippen molar-refractivity contribution in [3.05, 3.63) is 57.1 Å². The zero-order valence-corrected chi connectivity index (χ0v) is 13.2. The van der Waals surface area contributed by atoms with Crippen LogP contribution in [0.2, 0.25) is 10.2 Å². The molecule has 0 aliphatic heterocycles. The predicted molar refractivity (Wildman–Crippen MR) is 87.0 cm³/mol. The standard InChI is InChI=1S/C14H8BrCl2N3/c15-8-5-6-11(16)12(7-8)18-14-10-4-2-1-3-9(10)13(17)19-20-14/h1-7H,(H,18,20). The maximum absolute atomic E-state index is 6.17. The maximum Gasteiger partial charge on any atom is 0.161 e. The van der Waals surface area contributed by atoms with Gasteiger partial charge in [0.05, 0.1) is 10.7 Å². The molecule has 1 N–H and O–H groups in total. The Bertz CT molecular complexity index is 792. The molecule has 0 aliphatic carbocycles. The molecular formula is C14H8BrCl2N3. The van der Waals surface area contributed by atoms with Crippen LogP contribution in [0, 0.1) is 0 Å². The van der Waals surface area contributed by atoms with Crippen LogP contribution >= 0.6 is 39.1 Å². The van der Waals surface area contributed by atoms with Gasteiger partial charge in [-0.05, 0) is 18.2 Å². The SMILES string of the molecule is Clc1ccc(Br)cc1Nc1nnc(Cl)c2ccccc12. The van der Waals surface area contributed by atoms with E-state index in [2.05, 4.69) is 31.4 Å². The van der Waals surface area contributed by atoms with Crippen molar-refractivity contribution in [3.8, 4) is 0 Å². The van der Waals surface area contributed by atoms with Crippen molar-refractivity contribution in [2.45, 2.75) is 0 Å². The number of rotatable bonds is 2. The lowest BCUT2D eigenvalue weighted by Gasteiger charge is -2.10. The Labute approximate surface area is 134 Å². The summed E-state index contributed by atoms with van der Waals surface area (Å²) < 4.78 is 0.927. The largest absolute Gasteiger partial charge is 0.337 e. The lowest BCUT2D eigenvalue weighted by Crippen LogP contribution is -1.98. The van der Waals surface area contributed by atoms with Gasteiger partial charge < -0.3 is 5.32 Å². The molecule has 0 fully saturated rings. The van der Waals surface area contributed by atoms with E-state index in [0.29, 0.717) is 16.0 Å². The van der Waals surface area contributed by atoms with E-state index in [1.807, 2.05) is 36.4 Å². The Morgan fingerprint density at radius 3 is 2.50 bits per heavy atom. The molecule has 0 unspecified atom stereocenters. The first kappa shape index (κ1) is 13.6. The molecular weight excluding hydrogens is 361 g/mol. The van der Waals surface area contributed by atoms with E-state index in [-0.39, 0.29) is 0 Å². The molecule has 3 nitrogen and oxygen atoms in total. The summed E-state index contributed by atoms with van der Waals surface area (Å²) in [6, 6.07) is 13.2. The normalized spacial score (nSPS) is 10.8. The van der Waals surface area contributed by atoms with E-state index in [4.69, 9.17) is 23.2 Å². The van der Waals surface area contributed by atoms with Crippen LogP contribution < -0.4 is 5.32 Å². The van der Waals surface area contributed by atoms with Crippen molar-refractivity contribution in [1.29, 1.82) is 0 Å². The average Bonchev–Trinajstić information content (AvgIpc) is 2.46. The quantitative estimate of drug-likeness (QED) is 0.654. The van der Waals surface area contributed by atoms with Crippen LogP contribution in [0.25, 0.3) is 10.8 Å². The lowest BCUT2D eigenvalue weighted by atomic mass is 10.2. The molecule has 1 aromatic heterocycles. The summed E-state index contributed by atoms with van der Waals surface area (Å²) in [5.74, 6) is 0.616. The Kier molecular flexibility index (Phi) is 3.78. The van der Waals surface area contributed by atoms with E-state index in [1.165, 1.54) is 0 Å². The number of hydrogen-bond donors (Lipinski definition) is 1. The van der Waals surface area contributed by atoms with Gasteiger partial charge in [0.15, 0.2) is 11.0 Å². The minimum absolute atomic E-state index is 0.381. The van der Waals surface area contributed by atoms with Gasteiger partial charge in [-0.25, -0.2) is 0 Å². The van der Waals surface area contributed by atoms with Gasteiger partial charge in [-0.15, -0.1) is 10.2 Å². The number of anilines is 2. The van der Waals surface area contributed by atoms with Gasteiger partial charge in [-0.1, -0.05) is 63.4 Å². The van der Waals surface area contributed by atoms with Crippen molar-refractivity contribution in [2.24, 2.45) is 0 Å². The average molecular weight is 369 g/mol. The third kappa shape index (κ3) is 2.59. The molecule has 1 heterocycles. The number of aromatic nitrogens is 2. The van der Waals surface area contributed by atoms with Crippen LogP contribution in [-0.4, -0.2) is 10.2 Å². The zero-order valence-electron chi connectivity index (χ0n) is 10.1. The number of halogens is 3. The van der Waals surface area contributed by atoms with Gasteiger partial charge in [0.25, 0.3) is 0 Å².